The maximum absolute atomic E-state index is 10.5. The van der Waals surface area contributed by atoms with Crippen LogP contribution in [0.4, 0.5) is 0 Å². The third-order valence-corrected chi connectivity index (χ3v) is 3.10. The van der Waals surface area contributed by atoms with Gasteiger partial charge in [0.05, 0.1) is 0 Å². The van der Waals surface area contributed by atoms with Crippen LogP contribution >= 0.6 is 11.8 Å². The van der Waals surface area contributed by atoms with Gasteiger partial charge in [-0.2, -0.15) is 11.8 Å². The van der Waals surface area contributed by atoms with Crippen molar-refractivity contribution in [3.63, 3.8) is 0 Å². The first-order chi connectivity index (χ1) is 7.09. The lowest BCUT2D eigenvalue weighted by atomic mass is 10.2. The molecule has 0 bridgehead atoms. The van der Waals surface area contributed by atoms with Gasteiger partial charge in [0, 0.05) is 11.5 Å². The second-order valence-electron chi connectivity index (χ2n) is 3.45. The molecular weight excluding hydrogens is 210 g/mol. The third-order valence-electron chi connectivity index (χ3n) is 1.97. The summed E-state index contributed by atoms with van der Waals surface area (Å²) in [6.07, 6.45) is 0. The van der Waals surface area contributed by atoms with Crippen molar-refractivity contribution >= 4 is 17.7 Å². The molecule has 1 aromatic rings. The average molecular weight is 225 g/mol. The summed E-state index contributed by atoms with van der Waals surface area (Å²) in [4.78, 5) is 10.5. The van der Waals surface area contributed by atoms with E-state index in [1.807, 2.05) is 25.1 Å². The zero-order chi connectivity index (χ0) is 11.3. The quantitative estimate of drug-likeness (QED) is 0.799. The van der Waals surface area contributed by atoms with Gasteiger partial charge in [-0.1, -0.05) is 29.8 Å². The van der Waals surface area contributed by atoms with E-state index in [0.29, 0.717) is 5.75 Å². The Balaban J connectivity index is 2.35. The standard InChI is InChI=1S/C11H15NO2S/c1-8-3-2-4-9(5-8)6-15-7-10(12)11(13)14/h2-5,10H,6-7,12H2,1H3,(H,13,14)/t10-/m0/s1. The molecule has 82 valence electrons. The first kappa shape index (κ1) is 12.1. The molecule has 0 saturated carbocycles. The van der Waals surface area contributed by atoms with E-state index in [1.54, 1.807) is 11.8 Å². The highest BCUT2D eigenvalue weighted by Crippen LogP contribution is 2.13. The van der Waals surface area contributed by atoms with Gasteiger partial charge in [-0.15, -0.1) is 0 Å². The predicted octanol–water partition coefficient (Wildman–Crippen LogP) is 1.64. The van der Waals surface area contributed by atoms with Gasteiger partial charge in [-0.3, -0.25) is 4.79 Å². The lowest BCUT2D eigenvalue weighted by molar-refractivity contribution is -0.137. The SMILES string of the molecule is Cc1cccc(CSC[C@H](N)C(=O)O)c1. The number of carboxylic acid groups (broad SMARTS) is 1. The largest absolute Gasteiger partial charge is 0.480 e. The predicted molar refractivity (Wildman–Crippen MR) is 63.0 cm³/mol. The molecule has 1 aromatic carbocycles. The van der Waals surface area contributed by atoms with Crippen molar-refractivity contribution in [1.29, 1.82) is 0 Å². The highest BCUT2D eigenvalue weighted by atomic mass is 32.2. The maximum atomic E-state index is 10.5. The molecule has 1 rings (SSSR count). The summed E-state index contributed by atoms with van der Waals surface area (Å²) in [5.74, 6) is 0.318. The van der Waals surface area contributed by atoms with E-state index < -0.39 is 12.0 Å². The topological polar surface area (TPSA) is 63.3 Å². The number of hydrogen-bond acceptors (Lipinski definition) is 3. The van der Waals surface area contributed by atoms with Crippen LogP contribution in [0.25, 0.3) is 0 Å². The first-order valence-electron chi connectivity index (χ1n) is 4.71. The van der Waals surface area contributed by atoms with Crippen LogP contribution in [-0.4, -0.2) is 22.9 Å². The summed E-state index contributed by atoms with van der Waals surface area (Å²) < 4.78 is 0. The van der Waals surface area contributed by atoms with Gasteiger partial charge in [-0.05, 0) is 12.5 Å². The van der Waals surface area contributed by atoms with E-state index in [2.05, 4.69) is 6.07 Å². The molecule has 0 aliphatic heterocycles. The molecule has 4 heteroatoms. The number of carbonyl (C=O) groups is 1. The van der Waals surface area contributed by atoms with Crippen molar-refractivity contribution in [2.45, 2.75) is 18.7 Å². The summed E-state index contributed by atoms with van der Waals surface area (Å²) in [5.41, 5.74) is 7.81. The minimum absolute atomic E-state index is 0.448. The molecule has 0 unspecified atom stereocenters. The minimum atomic E-state index is -0.938. The number of rotatable bonds is 5. The Hall–Kier alpha value is -1.00. The number of benzene rings is 1. The smallest absolute Gasteiger partial charge is 0.321 e. The maximum Gasteiger partial charge on any atom is 0.321 e. The molecule has 3 N–H and O–H groups in total. The summed E-state index contributed by atoms with van der Waals surface area (Å²) in [5, 5.41) is 8.58. The van der Waals surface area contributed by atoms with Gasteiger partial charge in [0.25, 0.3) is 0 Å². The second kappa shape index (κ2) is 5.78. The van der Waals surface area contributed by atoms with Crippen molar-refractivity contribution in [2.75, 3.05) is 5.75 Å². The molecule has 0 saturated heterocycles. The van der Waals surface area contributed by atoms with Crippen LogP contribution < -0.4 is 5.73 Å². The van der Waals surface area contributed by atoms with Crippen molar-refractivity contribution < 1.29 is 9.90 Å². The summed E-state index contributed by atoms with van der Waals surface area (Å²) in [7, 11) is 0. The number of aliphatic carboxylic acids is 1. The molecule has 3 nitrogen and oxygen atoms in total. The van der Waals surface area contributed by atoms with Crippen LogP contribution in [0.2, 0.25) is 0 Å². The molecule has 0 aliphatic carbocycles. The van der Waals surface area contributed by atoms with Crippen LogP contribution in [0.1, 0.15) is 11.1 Å². The Labute approximate surface area is 93.7 Å². The van der Waals surface area contributed by atoms with Gasteiger partial charge in [0.2, 0.25) is 0 Å². The normalized spacial score (nSPS) is 12.4. The molecule has 0 fully saturated rings. The van der Waals surface area contributed by atoms with Crippen LogP contribution in [0.15, 0.2) is 24.3 Å². The Kier molecular flexibility index (Phi) is 4.65. The van der Waals surface area contributed by atoms with E-state index in [0.717, 1.165) is 5.75 Å². The fourth-order valence-electron chi connectivity index (χ4n) is 1.18. The van der Waals surface area contributed by atoms with Gasteiger partial charge < -0.3 is 10.8 Å². The zero-order valence-electron chi connectivity index (χ0n) is 8.64. The van der Waals surface area contributed by atoms with E-state index in [4.69, 9.17) is 10.8 Å². The Morgan fingerprint density at radius 1 is 1.60 bits per heavy atom. The zero-order valence-corrected chi connectivity index (χ0v) is 9.46. The molecule has 0 heterocycles. The third kappa shape index (κ3) is 4.36. The number of hydrogen-bond donors (Lipinski definition) is 2. The number of carboxylic acids is 1. The monoisotopic (exact) mass is 225 g/mol. The average Bonchev–Trinajstić information content (AvgIpc) is 2.17. The lowest BCUT2D eigenvalue weighted by Gasteiger charge is -2.06. The molecule has 15 heavy (non-hydrogen) atoms. The van der Waals surface area contributed by atoms with Crippen LogP contribution in [0.3, 0.4) is 0 Å². The van der Waals surface area contributed by atoms with E-state index >= 15 is 0 Å². The van der Waals surface area contributed by atoms with Crippen molar-refractivity contribution in [1.82, 2.24) is 0 Å². The van der Waals surface area contributed by atoms with Crippen LogP contribution in [0.5, 0.6) is 0 Å². The van der Waals surface area contributed by atoms with Crippen LogP contribution in [0, 0.1) is 6.92 Å². The van der Waals surface area contributed by atoms with Crippen molar-refractivity contribution in [2.24, 2.45) is 5.73 Å². The molecular formula is C11H15NO2S. The highest BCUT2D eigenvalue weighted by molar-refractivity contribution is 7.98. The molecule has 0 amide bonds. The Morgan fingerprint density at radius 2 is 2.33 bits per heavy atom. The Bertz CT molecular complexity index is 341. The second-order valence-corrected chi connectivity index (χ2v) is 4.48. The van der Waals surface area contributed by atoms with Gasteiger partial charge in [-0.25, -0.2) is 0 Å². The fraction of sp³-hybridized carbons (Fsp3) is 0.364. The summed E-state index contributed by atoms with van der Waals surface area (Å²) in [6, 6.07) is 7.41. The minimum Gasteiger partial charge on any atom is -0.480 e. The molecule has 1 atom stereocenters. The van der Waals surface area contributed by atoms with Crippen molar-refractivity contribution in [3.05, 3.63) is 35.4 Å². The summed E-state index contributed by atoms with van der Waals surface area (Å²) in [6.45, 7) is 2.04. The number of thioether (sulfide) groups is 1. The first-order valence-corrected chi connectivity index (χ1v) is 5.86. The van der Waals surface area contributed by atoms with Crippen molar-refractivity contribution in [3.8, 4) is 0 Å². The van der Waals surface area contributed by atoms with E-state index in [9.17, 15) is 4.79 Å². The summed E-state index contributed by atoms with van der Waals surface area (Å²) >= 11 is 1.55. The van der Waals surface area contributed by atoms with Crippen LogP contribution in [-0.2, 0) is 10.5 Å². The van der Waals surface area contributed by atoms with Gasteiger partial charge in [0.15, 0.2) is 0 Å². The molecule has 0 aromatic heterocycles. The highest BCUT2D eigenvalue weighted by Gasteiger charge is 2.10. The Morgan fingerprint density at radius 3 is 2.93 bits per heavy atom. The number of nitrogens with two attached hydrogens (primary N) is 1. The fourth-order valence-corrected chi connectivity index (χ4v) is 2.11. The van der Waals surface area contributed by atoms with Gasteiger partial charge >= 0.3 is 5.97 Å². The van der Waals surface area contributed by atoms with E-state index in [-0.39, 0.29) is 0 Å². The lowest BCUT2D eigenvalue weighted by Crippen LogP contribution is -2.32. The number of aryl methyl sites for hydroxylation is 1. The molecule has 0 radical (unpaired) electrons. The van der Waals surface area contributed by atoms with E-state index in [1.165, 1.54) is 11.1 Å². The van der Waals surface area contributed by atoms with Gasteiger partial charge in [0.1, 0.15) is 6.04 Å². The molecule has 0 spiro atoms. The molecule has 0 aliphatic rings.